The lowest BCUT2D eigenvalue weighted by atomic mass is 10.3. The molecule has 1 heterocycles. The van der Waals surface area contributed by atoms with Crippen molar-refractivity contribution < 1.29 is 4.79 Å². The zero-order valence-corrected chi connectivity index (χ0v) is 12.5. The summed E-state index contributed by atoms with van der Waals surface area (Å²) in [5, 5.41) is 4.66. The van der Waals surface area contributed by atoms with Gasteiger partial charge in [0.15, 0.2) is 0 Å². The van der Waals surface area contributed by atoms with E-state index in [9.17, 15) is 4.79 Å². The molecule has 88 valence electrons. The van der Waals surface area contributed by atoms with Crippen LogP contribution in [0.2, 0.25) is 0 Å². The van der Waals surface area contributed by atoms with Gasteiger partial charge in [0.25, 0.3) is 5.91 Å². The molecule has 1 aromatic carbocycles. The van der Waals surface area contributed by atoms with Gasteiger partial charge in [-0.25, -0.2) is 0 Å². The fourth-order valence-electron chi connectivity index (χ4n) is 1.27. The van der Waals surface area contributed by atoms with Crippen molar-refractivity contribution in [1.82, 2.24) is 0 Å². The van der Waals surface area contributed by atoms with Crippen molar-refractivity contribution in [2.45, 2.75) is 0 Å². The highest BCUT2D eigenvalue weighted by Gasteiger charge is 2.13. The van der Waals surface area contributed by atoms with Crippen molar-refractivity contribution in [2.75, 3.05) is 11.1 Å². The SMILES string of the molecule is Nc1ccc(Br)c(NC(=O)c2sccc2Br)c1. The van der Waals surface area contributed by atoms with Gasteiger partial charge >= 0.3 is 0 Å². The number of amides is 1. The number of hydrogen-bond acceptors (Lipinski definition) is 3. The van der Waals surface area contributed by atoms with Crippen LogP contribution in [-0.2, 0) is 0 Å². The van der Waals surface area contributed by atoms with Crippen LogP contribution in [0, 0.1) is 0 Å². The van der Waals surface area contributed by atoms with E-state index in [2.05, 4.69) is 37.2 Å². The minimum Gasteiger partial charge on any atom is -0.399 e. The highest BCUT2D eigenvalue weighted by molar-refractivity contribution is 9.11. The molecule has 3 nitrogen and oxygen atoms in total. The molecule has 2 aromatic rings. The van der Waals surface area contributed by atoms with Crippen molar-refractivity contribution in [1.29, 1.82) is 0 Å². The number of carbonyl (C=O) groups is 1. The molecule has 0 aliphatic heterocycles. The van der Waals surface area contributed by atoms with Gasteiger partial charge in [0.1, 0.15) is 4.88 Å². The van der Waals surface area contributed by atoms with Gasteiger partial charge in [-0.2, -0.15) is 0 Å². The summed E-state index contributed by atoms with van der Waals surface area (Å²) < 4.78 is 1.59. The maximum absolute atomic E-state index is 12.0. The second-order valence-corrected chi connectivity index (χ2v) is 5.92. The largest absolute Gasteiger partial charge is 0.399 e. The third kappa shape index (κ3) is 2.88. The topological polar surface area (TPSA) is 55.1 Å². The van der Waals surface area contributed by atoms with E-state index in [1.54, 1.807) is 18.2 Å². The van der Waals surface area contributed by atoms with Crippen molar-refractivity contribution in [3.8, 4) is 0 Å². The monoisotopic (exact) mass is 374 g/mol. The van der Waals surface area contributed by atoms with Crippen LogP contribution >= 0.6 is 43.2 Å². The molecule has 3 N–H and O–H groups in total. The summed E-state index contributed by atoms with van der Waals surface area (Å²) in [5.74, 6) is -0.154. The fourth-order valence-corrected chi connectivity index (χ4v) is 3.07. The molecule has 0 aliphatic rings. The Morgan fingerprint density at radius 3 is 2.65 bits per heavy atom. The highest BCUT2D eigenvalue weighted by atomic mass is 79.9. The van der Waals surface area contributed by atoms with Gasteiger partial charge < -0.3 is 11.1 Å². The Kier molecular flexibility index (Phi) is 3.86. The summed E-state index contributed by atoms with van der Waals surface area (Å²) in [5.41, 5.74) is 6.94. The van der Waals surface area contributed by atoms with Crippen molar-refractivity contribution in [3.05, 3.63) is 43.5 Å². The molecule has 1 amide bonds. The lowest BCUT2D eigenvalue weighted by Gasteiger charge is -2.07. The van der Waals surface area contributed by atoms with E-state index in [-0.39, 0.29) is 5.91 Å². The zero-order valence-electron chi connectivity index (χ0n) is 8.54. The number of benzene rings is 1. The van der Waals surface area contributed by atoms with Gasteiger partial charge in [-0.1, -0.05) is 0 Å². The normalized spacial score (nSPS) is 10.2. The average Bonchev–Trinajstić information content (AvgIpc) is 2.70. The molecule has 0 saturated heterocycles. The number of anilines is 2. The van der Waals surface area contributed by atoms with Crippen LogP contribution in [0.1, 0.15) is 9.67 Å². The minimum atomic E-state index is -0.154. The second-order valence-electron chi connectivity index (χ2n) is 3.29. The Bertz CT molecular complexity index is 568. The molecule has 0 spiro atoms. The molecule has 0 unspecified atom stereocenters. The minimum absolute atomic E-state index is 0.154. The molecular weight excluding hydrogens is 368 g/mol. The average molecular weight is 376 g/mol. The maximum atomic E-state index is 12.0. The standard InChI is InChI=1S/C11H8Br2N2OS/c12-7-2-1-6(14)5-9(7)15-11(16)10-8(13)3-4-17-10/h1-5H,14H2,(H,15,16). The summed E-state index contributed by atoms with van der Waals surface area (Å²) in [6, 6.07) is 7.12. The molecule has 0 atom stereocenters. The van der Waals surface area contributed by atoms with E-state index in [4.69, 9.17) is 5.73 Å². The predicted octanol–water partition coefficient (Wildman–Crippen LogP) is 4.11. The summed E-state index contributed by atoms with van der Waals surface area (Å²) >= 11 is 8.07. The molecule has 2 rings (SSSR count). The number of thiophene rings is 1. The Labute approximate surface area is 119 Å². The third-order valence-corrected chi connectivity index (χ3v) is 4.59. The molecule has 0 aliphatic carbocycles. The molecule has 0 bridgehead atoms. The number of nitrogens with two attached hydrogens (primary N) is 1. The molecule has 0 radical (unpaired) electrons. The lowest BCUT2D eigenvalue weighted by molar-refractivity contribution is 0.103. The van der Waals surface area contributed by atoms with Crippen LogP contribution in [0.15, 0.2) is 38.6 Å². The van der Waals surface area contributed by atoms with E-state index >= 15 is 0 Å². The molecular formula is C11H8Br2N2OS. The van der Waals surface area contributed by atoms with Crippen LogP contribution in [0.25, 0.3) is 0 Å². The van der Waals surface area contributed by atoms with Gasteiger partial charge in [-0.15, -0.1) is 11.3 Å². The van der Waals surface area contributed by atoms with E-state index in [1.807, 2.05) is 11.4 Å². The molecule has 17 heavy (non-hydrogen) atoms. The summed E-state index contributed by atoms with van der Waals surface area (Å²) in [7, 11) is 0. The number of halogens is 2. The van der Waals surface area contributed by atoms with Crippen LogP contribution < -0.4 is 11.1 Å². The number of rotatable bonds is 2. The number of nitrogen functional groups attached to an aromatic ring is 1. The number of nitrogens with one attached hydrogen (secondary N) is 1. The summed E-state index contributed by atoms with van der Waals surface area (Å²) in [6.07, 6.45) is 0. The Morgan fingerprint density at radius 2 is 2.00 bits per heavy atom. The van der Waals surface area contributed by atoms with Crippen molar-refractivity contribution in [3.63, 3.8) is 0 Å². The first-order valence-electron chi connectivity index (χ1n) is 4.67. The summed E-state index contributed by atoms with van der Waals surface area (Å²) in [6.45, 7) is 0. The molecule has 0 fully saturated rings. The Balaban J connectivity index is 2.24. The van der Waals surface area contributed by atoms with Crippen molar-refractivity contribution in [2.24, 2.45) is 0 Å². The van der Waals surface area contributed by atoms with E-state index in [0.29, 0.717) is 16.3 Å². The van der Waals surface area contributed by atoms with Gasteiger partial charge in [0, 0.05) is 14.6 Å². The summed E-state index contributed by atoms with van der Waals surface area (Å²) in [4.78, 5) is 12.6. The lowest BCUT2D eigenvalue weighted by Crippen LogP contribution is -2.11. The smallest absolute Gasteiger partial charge is 0.266 e. The van der Waals surface area contributed by atoms with Gasteiger partial charge in [-0.3, -0.25) is 4.79 Å². The highest BCUT2D eigenvalue weighted by Crippen LogP contribution is 2.28. The van der Waals surface area contributed by atoms with E-state index in [1.165, 1.54) is 11.3 Å². The van der Waals surface area contributed by atoms with Crippen LogP contribution in [0.3, 0.4) is 0 Å². The predicted molar refractivity (Wildman–Crippen MR) is 78.5 cm³/mol. The fraction of sp³-hybridized carbons (Fsp3) is 0. The van der Waals surface area contributed by atoms with Crippen LogP contribution in [0.4, 0.5) is 11.4 Å². The van der Waals surface area contributed by atoms with Gasteiger partial charge in [-0.05, 0) is 61.5 Å². The van der Waals surface area contributed by atoms with Crippen molar-refractivity contribution >= 4 is 60.5 Å². The Morgan fingerprint density at radius 1 is 1.24 bits per heavy atom. The van der Waals surface area contributed by atoms with Crippen LogP contribution in [-0.4, -0.2) is 5.91 Å². The van der Waals surface area contributed by atoms with E-state index < -0.39 is 0 Å². The first-order valence-corrected chi connectivity index (χ1v) is 7.14. The quantitative estimate of drug-likeness (QED) is 0.776. The van der Waals surface area contributed by atoms with Gasteiger partial charge in [0.05, 0.1) is 5.69 Å². The number of hydrogen-bond donors (Lipinski definition) is 2. The molecule has 6 heteroatoms. The molecule has 1 aromatic heterocycles. The first kappa shape index (κ1) is 12.6. The van der Waals surface area contributed by atoms with Gasteiger partial charge in [0.2, 0.25) is 0 Å². The Hall–Kier alpha value is -0.850. The van der Waals surface area contributed by atoms with Crippen LogP contribution in [0.5, 0.6) is 0 Å². The first-order chi connectivity index (χ1) is 8.08. The molecule has 0 saturated carbocycles. The third-order valence-electron chi connectivity index (χ3n) is 2.06. The maximum Gasteiger partial charge on any atom is 0.266 e. The second kappa shape index (κ2) is 5.20. The van der Waals surface area contributed by atoms with E-state index in [0.717, 1.165) is 8.95 Å². The zero-order chi connectivity index (χ0) is 12.4. The number of carbonyl (C=O) groups excluding carboxylic acids is 1.